The van der Waals surface area contributed by atoms with Crippen LogP contribution in [0.3, 0.4) is 0 Å². The van der Waals surface area contributed by atoms with Crippen LogP contribution < -0.4 is 10.6 Å². The van der Waals surface area contributed by atoms with Crippen LogP contribution in [0.25, 0.3) is 0 Å². The van der Waals surface area contributed by atoms with Crippen molar-refractivity contribution in [3.05, 3.63) is 29.8 Å². The number of benzene rings is 1. The van der Waals surface area contributed by atoms with Gasteiger partial charge in [-0.1, -0.05) is 0 Å². The Morgan fingerprint density at radius 3 is 2.32 bits per heavy atom. The number of nitrogens with zero attached hydrogens (tertiary/aromatic N) is 4. The molecule has 2 aliphatic heterocycles. The molecule has 0 spiro atoms. The second-order valence-corrected chi connectivity index (χ2v) is 8.79. The van der Waals surface area contributed by atoms with Crippen LogP contribution in [0.4, 0.5) is 10.5 Å². The molecule has 1 aromatic carbocycles. The highest BCUT2D eigenvalue weighted by Crippen LogP contribution is 2.23. The van der Waals surface area contributed by atoms with E-state index in [0.29, 0.717) is 50.5 Å². The predicted molar refractivity (Wildman–Crippen MR) is 135 cm³/mol. The molecule has 0 aliphatic carbocycles. The number of amides is 2. The molecule has 0 aromatic heterocycles. The van der Waals surface area contributed by atoms with Gasteiger partial charge >= 0.3 is 18.0 Å². The Morgan fingerprint density at radius 2 is 1.73 bits per heavy atom. The van der Waals surface area contributed by atoms with Crippen molar-refractivity contribution < 1.29 is 33.4 Å². The van der Waals surface area contributed by atoms with Gasteiger partial charge in [-0.05, 0) is 38.1 Å². The number of aliphatic imine (C=N–C) groups is 1. The summed E-state index contributed by atoms with van der Waals surface area (Å²) in [6, 6.07) is 6.19. The summed E-state index contributed by atoms with van der Waals surface area (Å²) < 4.78 is 15.8. The first-order valence-corrected chi connectivity index (χ1v) is 12.4. The first-order chi connectivity index (χ1) is 17.7. The number of carbonyl (C=O) groups is 4. The van der Waals surface area contributed by atoms with Crippen molar-refractivity contribution in [2.75, 3.05) is 57.4 Å². The molecular weight excluding hydrogens is 482 g/mol. The Morgan fingerprint density at radius 1 is 1.08 bits per heavy atom. The summed E-state index contributed by atoms with van der Waals surface area (Å²) in [7, 11) is 0. The lowest BCUT2D eigenvalue weighted by Gasteiger charge is -2.38. The summed E-state index contributed by atoms with van der Waals surface area (Å²) in [6.07, 6.45) is -0.797. The van der Waals surface area contributed by atoms with Crippen molar-refractivity contribution in [3.8, 4) is 0 Å². The van der Waals surface area contributed by atoms with Crippen molar-refractivity contribution in [2.24, 2.45) is 10.7 Å². The second kappa shape index (κ2) is 13.2. The first kappa shape index (κ1) is 28.1. The Balaban J connectivity index is 1.54. The number of amidine groups is 1. The fourth-order valence-corrected chi connectivity index (χ4v) is 4.40. The van der Waals surface area contributed by atoms with E-state index in [1.54, 1.807) is 43.0 Å². The number of hydrogen-bond donors (Lipinski definition) is 1. The smallest absolute Gasteiger partial charge is 0.414 e. The minimum Gasteiger partial charge on any atom is -0.466 e. The van der Waals surface area contributed by atoms with Gasteiger partial charge in [-0.15, -0.1) is 0 Å². The number of esters is 2. The minimum atomic E-state index is -0.682. The minimum absolute atomic E-state index is 0.0487. The molecule has 2 N–H and O–H groups in total. The monoisotopic (exact) mass is 517 g/mol. The molecule has 12 heteroatoms. The maximum atomic E-state index is 12.5. The number of carbonyl (C=O) groups excluding carboxylic acids is 4. The van der Waals surface area contributed by atoms with Gasteiger partial charge in [-0.3, -0.25) is 29.1 Å². The molecule has 12 nitrogen and oxygen atoms in total. The molecule has 2 unspecified atom stereocenters. The van der Waals surface area contributed by atoms with Crippen molar-refractivity contribution in [1.29, 1.82) is 0 Å². The normalized spacial score (nSPS) is 19.9. The van der Waals surface area contributed by atoms with E-state index >= 15 is 0 Å². The summed E-state index contributed by atoms with van der Waals surface area (Å²) in [4.78, 5) is 57.5. The van der Waals surface area contributed by atoms with E-state index in [4.69, 9.17) is 19.9 Å². The maximum absolute atomic E-state index is 12.5. The predicted octanol–water partition coefficient (Wildman–Crippen LogP) is 0.766. The third kappa shape index (κ3) is 7.73. The van der Waals surface area contributed by atoms with Crippen molar-refractivity contribution in [3.63, 3.8) is 0 Å². The summed E-state index contributed by atoms with van der Waals surface area (Å²) in [5, 5.41) is 0. The van der Waals surface area contributed by atoms with Crippen LogP contribution in [0.5, 0.6) is 0 Å². The lowest BCUT2D eigenvalue weighted by molar-refractivity contribution is -0.157. The van der Waals surface area contributed by atoms with Gasteiger partial charge in [-0.25, -0.2) is 4.79 Å². The Hall–Kier alpha value is -3.51. The van der Waals surface area contributed by atoms with Crippen LogP contribution in [0.15, 0.2) is 29.3 Å². The third-order valence-electron chi connectivity index (χ3n) is 6.16. The third-order valence-corrected chi connectivity index (χ3v) is 6.16. The molecule has 37 heavy (non-hydrogen) atoms. The number of piperazine rings is 1. The molecule has 202 valence electrons. The number of cyclic esters (lactones) is 1. The van der Waals surface area contributed by atoms with E-state index in [-0.39, 0.29) is 37.5 Å². The van der Waals surface area contributed by atoms with Gasteiger partial charge in [0.15, 0.2) is 0 Å². The zero-order valence-electron chi connectivity index (χ0n) is 21.6. The van der Waals surface area contributed by atoms with E-state index in [1.807, 2.05) is 4.90 Å². The average molecular weight is 518 g/mol. The molecule has 2 atom stereocenters. The Bertz CT molecular complexity index is 1010. The summed E-state index contributed by atoms with van der Waals surface area (Å²) in [5.74, 6) is -1.12. The summed E-state index contributed by atoms with van der Waals surface area (Å²) in [5.41, 5.74) is 7.06. The molecule has 2 aliphatic rings. The van der Waals surface area contributed by atoms with Crippen LogP contribution >= 0.6 is 0 Å². The molecule has 2 heterocycles. The largest absolute Gasteiger partial charge is 0.466 e. The molecule has 0 radical (unpaired) electrons. The van der Waals surface area contributed by atoms with Gasteiger partial charge < -0.3 is 19.9 Å². The van der Waals surface area contributed by atoms with Gasteiger partial charge in [0.1, 0.15) is 18.0 Å². The van der Waals surface area contributed by atoms with Crippen molar-refractivity contribution >= 4 is 35.5 Å². The fraction of sp³-hybridized carbons (Fsp3) is 0.560. The van der Waals surface area contributed by atoms with Gasteiger partial charge in [0.25, 0.3) is 0 Å². The number of ether oxygens (including phenoxy) is 3. The van der Waals surface area contributed by atoms with E-state index < -0.39 is 24.1 Å². The second-order valence-electron chi connectivity index (χ2n) is 8.79. The average Bonchev–Trinajstić information content (AvgIpc) is 3.23. The van der Waals surface area contributed by atoms with E-state index in [0.717, 1.165) is 0 Å². The number of nitrogens with two attached hydrogens (primary N) is 1. The maximum Gasteiger partial charge on any atom is 0.414 e. The van der Waals surface area contributed by atoms with Gasteiger partial charge in [0.05, 0.1) is 26.2 Å². The molecule has 1 aromatic rings. The zero-order valence-corrected chi connectivity index (χ0v) is 21.6. The molecule has 0 bridgehead atoms. The van der Waals surface area contributed by atoms with Crippen LogP contribution in [0.1, 0.15) is 32.8 Å². The molecule has 3 rings (SSSR count). The zero-order chi connectivity index (χ0) is 26.9. The van der Waals surface area contributed by atoms with Crippen LogP contribution in [-0.2, 0) is 28.6 Å². The summed E-state index contributed by atoms with van der Waals surface area (Å²) >= 11 is 0. The first-order valence-electron chi connectivity index (χ1n) is 12.4. The van der Waals surface area contributed by atoms with E-state index in [2.05, 4.69) is 9.89 Å². The highest BCUT2D eigenvalue weighted by Gasteiger charge is 2.36. The number of rotatable bonds is 10. The Labute approximate surface area is 216 Å². The van der Waals surface area contributed by atoms with E-state index in [9.17, 15) is 19.2 Å². The van der Waals surface area contributed by atoms with Gasteiger partial charge in [-0.2, -0.15) is 4.99 Å². The van der Waals surface area contributed by atoms with Crippen LogP contribution in [0.2, 0.25) is 0 Å². The molecule has 0 saturated carbocycles. The number of hydrogen-bond acceptors (Lipinski definition) is 9. The number of anilines is 1. The van der Waals surface area contributed by atoms with E-state index in [1.165, 1.54) is 6.92 Å². The fourth-order valence-electron chi connectivity index (χ4n) is 4.40. The lowest BCUT2D eigenvalue weighted by atomic mass is 10.1. The standard InChI is InChI=1S/C25H35N5O7/c1-4-35-22(32)14-21(24(33)36-5-2)29-12-10-28(11-13-29)15-20-16-30(25(34)37-20)19-8-6-18(7-9-19)23(26)27-17(3)31/h6-9,20-21H,4-5,10-16H2,1-3H3,(H2,26,27,31). The lowest BCUT2D eigenvalue weighted by Crippen LogP contribution is -2.54. The van der Waals surface area contributed by atoms with Gasteiger partial charge in [0.2, 0.25) is 5.91 Å². The summed E-state index contributed by atoms with van der Waals surface area (Å²) in [6.45, 7) is 8.65. The topological polar surface area (TPSA) is 144 Å². The molecular formula is C25H35N5O7. The molecule has 2 amide bonds. The quantitative estimate of drug-likeness (QED) is 0.204. The van der Waals surface area contributed by atoms with Crippen molar-refractivity contribution in [1.82, 2.24) is 9.80 Å². The van der Waals surface area contributed by atoms with Crippen LogP contribution in [-0.4, -0.2) is 104 Å². The van der Waals surface area contributed by atoms with Crippen molar-refractivity contribution in [2.45, 2.75) is 39.3 Å². The SMILES string of the molecule is CCOC(=O)CC(C(=O)OCC)N1CCN(CC2CN(c3ccc(C(N)=NC(C)=O)cc3)C(=O)O2)CC1. The molecule has 2 fully saturated rings. The highest BCUT2D eigenvalue weighted by molar-refractivity contribution is 6.04. The Kier molecular flexibility index (Phi) is 9.98. The van der Waals surface area contributed by atoms with Gasteiger partial charge in [0, 0.05) is 50.9 Å². The molecule has 2 saturated heterocycles. The van der Waals surface area contributed by atoms with Crippen LogP contribution in [0, 0.1) is 0 Å². The highest BCUT2D eigenvalue weighted by atomic mass is 16.6.